The van der Waals surface area contributed by atoms with Gasteiger partial charge in [-0.05, 0) is 26.3 Å². The molecule has 0 bridgehead atoms. The summed E-state index contributed by atoms with van der Waals surface area (Å²) in [5, 5.41) is 11.4. The summed E-state index contributed by atoms with van der Waals surface area (Å²) in [5.74, 6) is 0. The summed E-state index contributed by atoms with van der Waals surface area (Å²) in [6.07, 6.45) is 7.34. The molecule has 2 aromatic heterocycles. The summed E-state index contributed by atoms with van der Waals surface area (Å²) in [6.45, 7) is 8.42. The Hall–Kier alpha value is -1.20. The van der Waals surface area contributed by atoms with Crippen LogP contribution in [0.1, 0.15) is 49.0 Å². The molecule has 2 heterocycles. The van der Waals surface area contributed by atoms with Crippen molar-refractivity contribution in [3.05, 3.63) is 34.0 Å². The van der Waals surface area contributed by atoms with E-state index >= 15 is 0 Å². The highest BCUT2D eigenvalue weighted by Crippen LogP contribution is 2.20. The van der Waals surface area contributed by atoms with Crippen LogP contribution >= 0.6 is 11.3 Å². The van der Waals surface area contributed by atoms with Gasteiger partial charge in [0.2, 0.25) is 0 Å². The Morgan fingerprint density at radius 3 is 2.85 bits per heavy atom. The highest BCUT2D eigenvalue weighted by atomic mass is 32.1. The molecule has 0 saturated heterocycles. The average Bonchev–Trinajstić information content (AvgIpc) is 3.04. The first kappa shape index (κ1) is 15.2. The molecular formula is C15H24N4S. The molecule has 0 spiro atoms. The van der Waals surface area contributed by atoms with Crippen LogP contribution in [-0.4, -0.2) is 21.3 Å². The second-order valence-corrected chi connectivity index (χ2v) is 6.07. The summed E-state index contributed by atoms with van der Waals surface area (Å²) in [5.41, 5.74) is 2.38. The number of nitrogens with one attached hydrogen (secondary N) is 1. The van der Waals surface area contributed by atoms with Crippen molar-refractivity contribution in [2.45, 2.75) is 52.6 Å². The van der Waals surface area contributed by atoms with E-state index in [1.807, 2.05) is 17.8 Å². The van der Waals surface area contributed by atoms with Gasteiger partial charge in [0.1, 0.15) is 0 Å². The van der Waals surface area contributed by atoms with E-state index in [1.165, 1.54) is 10.6 Å². The van der Waals surface area contributed by atoms with Crippen LogP contribution in [0.2, 0.25) is 0 Å². The highest BCUT2D eigenvalue weighted by Gasteiger charge is 2.15. The van der Waals surface area contributed by atoms with Gasteiger partial charge in [-0.2, -0.15) is 5.10 Å². The zero-order valence-corrected chi connectivity index (χ0v) is 13.4. The van der Waals surface area contributed by atoms with Crippen molar-refractivity contribution in [1.82, 2.24) is 20.1 Å². The van der Waals surface area contributed by atoms with Crippen LogP contribution in [0.4, 0.5) is 0 Å². The van der Waals surface area contributed by atoms with E-state index in [0.717, 1.165) is 38.0 Å². The quantitative estimate of drug-likeness (QED) is 0.811. The van der Waals surface area contributed by atoms with Crippen molar-refractivity contribution in [1.29, 1.82) is 0 Å². The molecule has 0 aromatic carbocycles. The van der Waals surface area contributed by atoms with Crippen molar-refractivity contribution in [2.24, 2.45) is 0 Å². The van der Waals surface area contributed by atoms with Gasteiger partial charge in [-0.3, -0.25) is 4.68 Å². The maximum Gasteiger partial charge on any atom is 0.0947 e. The average molecular weight is 292 g/mol. The van der Waals surface area contributed by atoms with Crippen LogP contribution in [0.3, 0.4) is 0 Å². The lowest BCUT2D eigenvalue weighted by molar-refractivity contribution is 0.526. The van der Waals surface area contributed by atoms with Crippen molar-refractivity contribution in [3.63, 3.8) is 0 Å². The number of hydrogen-bond donors (Lipinski definition) is 1. The molecule has 0 radical (unpaired) electrons. The standard InChI is InChI=1S/C15H24N4S/c1-4-6-16-14(8-15-18-12(3)11-20-15)13-9-17-19(10-13)7-5-2/h9-11,14,16H,4-8H2,1-3H3. The molecule has 1 unspecified atom stereocenters. The molecule has 1 atom stereocenters. The molecule has 0 aliphatic carbocycles. The third-order valence-electron chi connectivity index (χ3n) is 3.19. The first-order chi connectivity index (χ1) is 9.72. The molecule has 0 fully saturated rings. The minimum absolute atomic E-state index is 0.311. The second-order valence-electron chi connectivity index (χ2n) is 5.13. The van der Waals surface area contributed by atoms with Crippen LogP contribution < -0.4 is 5.32 Å². The van der Waals surface area contributed by atoms with E-state index in [9.17, 15) is 0 Å². The lowest BCUT2D eigenvalue weighted by Gasteiger charge is -2.15. The molecule has 110 valence electrons. The monoisotopic (exact) mass is 292 g/mol. The SMILES string of the molecule is CCCNC(Cc1nc(C)cs1)c1cnn(CCC)c1. The van der Waals surface area contributed by atoms with Gasteiger partial charge < -0.3 is 5.32 Å². The first-order valence-electron chi connectivity index (χ1n) is 7.39. The zero-order valence-electron chi connectivity index (χ0n) is 12.6. The number of aromatic nitrogens is 3. The van der Waals surface area contributed by atoms with Gasteiger partial charge in [-0.15, -0.1) is 11.3 Å². The summed E-state index contributed by atoms with van der Waals surface area (Å²) < 4.78 is 2.03. The van der Waals surface area contributed by atoms with Gasteiger partial charge in [0.05, 0.1) is 11.2 Å². The summed E-state index contributed by atoms with van der Waals surface area (Å²) in [6, 6.07) is 0.311. The smallest absolute Gasteiger partial charge is 0.0947 e. The fourth-order valence-corrected chi connectivity index (χ4v) is 3.03. The third-order valence-corrected chi connectivity index (χ3v) is 4.18. The van der Waals surface area contributed by atoms with Crippen molar-refractivity contribution in [2.75, 3.05) is 6.54 Å². The van der Waals surface area contributed by atoms with Crippen LogP contribution in [0.5, 0.6) is 0 Å². The Morgan fingerprint density at radius 1 is 1.35 bits per heavy atom. The zero-order chi connectivity index (χ0) is 14.4. The minimum atomic E-state index is 0.311. The number of hydrogen-bond acceptors (Lipinski definition) is 4. The topological polar surface area (TPSA) is 42.7 Å². The first-order valence-corrected chi connectivity index (χ1v) is 8.27. The van der Waals surface area contributed by atoms with Gasteiger partial charge in [0, 0.05) is 41.8 Å². The Labute approximate surface area is 125 Å². The van der Waals surface area contributed by atoms with E-state index in [-0.39, 0.29) is 0 Å². The lowest BCUT2D eigenvalue weighted by atomic mass is 10.1. The summed E-state index contributed by atoms with van der Waals surface area (Å²) >= 11 is 1.74. The molecule has 4 nitrogen and oxygen atoms in total. The van der Waals surface area contributed by atoms with E-state index in [2.05, 4.69) is 40.8 Å². The molecule has 2 aromatic rings. The Morgan fingerprint density at radius 2 is 2.20 bits per heavy atom. The Balaban J connectivity index is 2.08. The molecule has 0 saturated carbocycles. The lowest BCUT2D eigenvalue weighted by Crippen LogP contribution is -2.23. The third kappa shape index (κ3) is 4.15. The predicted molar refractivity (Wildman–Crippen MR) is 84.1 cm³/mol. The van der Waals surface area contributed by atoms with Crippen LogP contribution in [-0.2, 0) is 13.0 Å². The number of aryl methyl sites for hydroxylation is 2. The molecule has 5 heteroatoms. The number of thiazole rings is 1. The van der Waals surface area contributed by atoms with Crippen LogP contribution in [0, 0.1) is 6.92 Å². The van der Waals surface area contributed by atoms with E-state index < -0.39 is 0 Å². The molecule has 0 amide bonds. The second kappa shape index (κ2) is 7.55. The van der Waals surface area contributed by atoms with E-state index in [0.29, 0.717) is 6.04 Å². The Kier molecular flexibility index (Phi) is 5.73. The van der Waals surface area contributed by atoms with Crippen LogP contribution in [0.15, 0.2) is 17.8 Å². The fourth-order valence-electron chi connectivity index (χ4n) is 2.21. The molecule has 1 N–H and O–H groups in total. The minimum Gasteiger partial charge on any atom is -0.309 e. The number of nitrogens with zero attached hydrogens (tertiary/aromatic N) is 3. The van der Waals surface area contributed by atoms with E-state index in [1.54, 1.807) is 11.3 Å². The van der Waals surface area contributed by atoms with Crippen molar-refractivity contribution >= 4 is 11.3 Å². The van der Waals surface area contributed by atoms with Gasteiger partial charge >= 0.3 is 0 Å². The Bertz CT molecular complexity index is 517. The molecular weight excluding hydrogens is 268 g/mol. The maximum atomic E-state index is 4.58. The van der Waals surface area contributed by atoms with Gasteiger partial charge in [0.15, 0.2) is 0 Å². The predicted octanol–water partition coefficient (Wildman–Crippen LogP) is 3.34. The highest BCUT2D eigenvalue weighted by molar-refractivity contribution is 7.09. The van der Waals surface area contributed by atoms with Gasteiger partial charge in [0.25, 0.3) is 0 Å². The number of rotatable bonds is 8. The van der Waals surface area contributed by atoms with Gasteiger partial charge in [-0.25, -0.2) is 4.98 Å². The molecule has 0 aliphatic rings. The van der Waals surface area contributed by atoms with Crippen molar-refractivity contribution in [3.8, 4) is 0 Å². The summed E-state index contributed by atoms with van der Waals surface area (Å²) in [4.78, 5) is 4.58. The van der Waals surface area contributed by atoms with Crippen molar-refractivity contribution < 1.29 is 0 Å². The normalized spacial score (nSPS) is 12.8. The van der Waals surface area contributed by atoms with Crippen LogP contribution in [0.25, 0.3) is 0 Å². The molecule has 2 rings (SSSR count). The van der Waals surface area contributed by atoms with E-state index in [4.69, 9.17) is 0 Å². The van der Waals surface area contributed by atoms with Gasteiger partial charge in [-0.1, -0.05) is 13.8 Å². The maximum absolute atomic E-state index is 4.58. The largest absolute Gasteiger partial charge is 0.309 e. The molecule has 0 aliphatic heterocycles. The molecule has 20 heavy (non-hydrogen) atoms. The fraction of sp³-hybridized carbons (Fsp3) is 0.600. The summed E-state index contributed by atoms with van der Waals surface area (Å²) in [7, 11) is 0.